The molecule has 13 nitrogen and oxygen atoms in total. The van der Waals surface area contributed by atoms with Gasteiger partial charge in [0.2, 0.25) is 23.6 Å². The molecule has 0 heterocycles. The van der Waals surface area contributed by atoms with Crippen molar-refractivity contribution in [1.82, 2.24) is 16.0 Å². The third-order valence-electron chi connectivity index (χ3n) is 5.33. The summed E-state index contributed by atoms with van der Waals surface area (Å²) in [5.74, 6) is -4.95. The predicted molar refractivity (Wildman–Crippen MR) is 128 cm³/mol. The third kappa shape index (κ3) is 9.88. The van der Waals surface area contributed by atoms with E-state index in [1.807, 2.05) is 0 Å². The Morgan fingerprint density at radius 2 is 1.44 bits per heavy atom. The maximum Gasteiger partial charge on any atom is 0.328 e. The Morgan fingerprint density at radius 3 is 1.92 bits per heavy atom. The van der Waals surface area contributed by atoms with Gasteiger partial charge in [-0.3, -0.25) is 19.2 Å². The first kappa shape index (κ1) is 30.3. The minimum absolute atomic E-state index is 0.0614. The number of phenolic OH excluding ortho intramolecular Hbond substituents is 1. The summed E-state index contributed by atoms with van der Waals surface area (Å²) in [6.07, 6.45) is -1.83. The molecule has 0 saturated carbocycles. The second-order valence-corrected chi connectivity index (χ2v) is 8.84. The fourth-order valence-electron chi connectivity index (χ4n) is 3.23. The molecule has 1 rings (SSSR count). The smallest absolute Gasteiger partial charge is 0.328 e. The minimum Gasteiger partial charge on any atom is -0.508 e. The fraction of sp³-hybridized carbons (Fsp3) is 0.522. The SMILES string of the molecule is CC(C)C(NC(=O)C(N)Cc1ccc(O)cc1)C(=O)NC(CCC(N)=O)C(=O)NC(C(=O)O)C(C)O. The highest BCUT2D eigenvalue weighted by Gasteiger charge is 2.33. The lowest BCUT2D eigenvalue weighted by Gasteiger charge is -2.27. The number of nitrogens with two attached hydrogens (primary N) is 2. The average Bonchev–Trinajstić information content (AvgIpc) is 2.78. The maximum atomic E-state index is 13.0. The lowest BCUT2D eigenvalue weighted by molar-refractivity contribution is -0.145. The molecule has 13 heteroatoms. The van der Waals surface area contributed by atoms with E-state index < -0.39 is 65.8 Å². The highest BCUT2D eigenvalue weighted by Crippen LogP contribution is 2.12. The molecule has 0 aliphatic carbocycles. The average molecular weight is 510 g/mol. The van der Waals surface area contributed by atoms with E-state index in [4.69, 9.17) is 11.5 Å². The maximum absolute atomic E-state index is 13.0. The number of amides is 4. The van der Waals surface area contributed by atoms with Gasteiger partial charge in [0.1, 0.15) is 17.8 Å². The first-order valence-corrected chi connectivity index (χ1v) is 11.4. The lowest BCUT2D eigenvalue weighted by atomic mass is 10.00. The van der Waals surface area contributed by atoms with E-state index in [1.165, 1.54) is 19.1 Å². The van der Waals surface area contributed by atoms with E-state index in [0.29, 0.717) is 5.56 Å². The van der Waals surface area contributed by atoms with Gasteiger partial charge < -0.3 is 42.7 Å². The Hall–Kier alpha value is -3.71. The molecule has 0 saturated heterocycles. The predicted octanol–water partition coefficient (Wildman–Crippen LogP) is -1.90. The van der Waals surface area contributed by atoms with Crippen molar-refractivity contribution >= 4 is 29.6 Å². The Balaban J connectivity index is 2.95. The zero-order chi connectivity index (χ0) is 27.6. The Morgan fingerprint density at radius 1 is 0.889 bits per heavy atom. The van der Waals surface area contributed by atoms with Crippen molar-refractivity contribution < 1.29 is 39.3 Å². The summed E-state index contributed by atoms with van der Waals surface area (Å²) in [6, 6.07) is 0.975. The number of primary amides is 1. The number of aliphatic carboxylic acids is 1. The van der Waals surface area contributed by atoms with E-state index in [-0.39, 0.29) is 25.0 Å². The highest BCUT2D eigenvalue weighted by molar-refractivity contribution is 5.94. The summed E-state index contributed by atoms with van der Waals surface area (Å²) in [5.41, 5.74) is 11.8. The van der Waals surface area contributed by atoms with E-state index in [0.717, 1.165) is 0 Å². The van der Waals surface area contributed by atoms with Gasteiger partial charge in [0.05, 0.1) is 12.1 Å². The van der Waals surface area contributed by atoms with Crippen molar-refractivity contribution in [2.75, 3.05) is 0 Å². The van der Waals surface area contributed by atoms with Crippen molar-refractivity contribution in [2.24, 2.45) is 17.4 Å². The number of carbonyl (C=O) groups is 5. The number of phenols is 1. The van der Waals surface area contributed by atoms with Crippen LogP contribution in [0, 0.1) is 5.92 Å². The molecular formula is C23H35N5O8. The molecule has 4 amide bonds. The molecule has 1 aromatic rings. The molecule has 5 atom stereocenters. The molecule has 200 valence electrons. The van der Waals surface area contributed by atoms with Crippen LogP contribution in [-0.4, -0.2) is 75.2 Å². The summed E-state index contributed by atoms with van der Waals surface area (Å²) >= 11 is 0. The van der Waals surface area contributed by atoms with Gasteiger partial charge in [-0.1, -0.05) is 26.0 Å². The zero-order valence-electron chi connectivity index (χ0n) is 20.4. The Labute approximate surface area is 208 Å². The Bertz CT molecular complexity index is 935. The third-order valence-corrected chi connectivity index (χ3v) is 5.33. The van der Waals surface area contributed by atoms with Crippen LogP contribution in [0.5, 0.6) is 5.75 Å². The normalized spacial score (nSPS) is 15.2. The van der Waals surface area contributed by atoms with Crippen molar-refractivity contribution in [2.45, 2.75) is 70.3 Å². The van der Waals surface area contributed by atoms with Gasteiger partial charge in [0.25, 0.3) is 0 Å². The molecule has 1 aromatic carbocycles. The van der Waals surface area contributed by atoms with Crippen LogP contribution in [0.2, 0.25) is 0 Å². The number of carboxylic acids is 1. The number of aliphatic hydroxyl groups excluding tert-OH is 1. The van der Waals surface area contributed by atoms with Gasteiger partial charge >= 0.3 is 5.97 Å². The fourth-order valence-corrected chi connectivity index (χ4v) is 3.23. The summed E-state index contributed by atoms with van der Waals surface area (Å²) in [5, 5.41) is 35.3. The second kappa shape index (κ2) is 14.0. The van der Waals surface area contributed by atoms with Crippen LogP contribution in [-0.2, 0) is 30.4 Å². The molecule has 0 aromatic heterocycles. The number of aromatic hydroxyl groups is 1. The summed E-state index contributed by atoms with van der Waals surface area (Å²) in [4.78, 5) is 60.9. The van der Waals surface area contributed by atoms with Crippen molar-refractivity contribution in [3.05, 3.63) is 29.8 Å². The molecule has 0 aliphatic rings. The van der Waals surface area contributed by atoms with Gasteiger partial charge in [-0.15, -0.1) is 0 Å². The van der Waals surface area contributed by atoms with Crippen LogP contribution in [0.3, 0.4) is 0 Å². The topological polar surface area (TPSA) is 234 Å². The summed E-state index contributed by atoms with van der Waals surface area (Å²) < 4.78 is 0. The Kier molecular flexibility index (Phi) is 11.8. The molecule has 10 N–H and O–H groups in total. The van der Waals surface area contributed by atoms with E-state index >= 15 is 0 Å². The van der Waals surface area contributed by atoms with Crippen LogP contribution >= 0.6 is 0 Å². The lowest BCUT2D eigenvalue weighted by Crippen LogP contribution is -2.59. The second-order valence-electron chi connectivity index (χ2n) is 8.84. The van der Waals surface area contributed by atoms with Gasteiger partial charge in [-0.05, 0) is 43.4 Å². The number of benzene rings is 1. The quantitative estimate of drug-likeness (QED) is 0.140. The molecule has 0 bridgehead atoms. The monoisotopic (exact) mass is 509 g/mol. The first-order valence-electron chi connectivity index (χ1n) is 11.4. The molecule has 0 radical (unpaired) electrons. The van der Waals surface area contributed by atoms with Gasteiger partial charge in [-0.2, -0.15) is 0 Å². The summed E-state index contributed by atoms with van der Waals surface area (Å²) in [6.45, 7) is 4.48. The van der Waals surface area contributed by atoms with E-state index in [2.05, 4.69) is 16.0 Å². The van der Waals surface area contributed by atoms with Crippen LogP contribution in [0.1, 0.15) is 39.2 Å². The van der Waals surface area contributed by atoms with Crippen LogP contribution in [0.25, 0.3) is 0 Å². The number of aliphatic hydroxyl groups is 1. The number of hydrogen-bond acceptors (Lipinski definition) is 8. The molecule has 36 heavy (non-hydrogen) atoms. The number of hydrogen-bond donors (Lipinski definition) is 8. The van der Waals surface area contributed by atoms with Crippen LogP contribution in [0.15, 0.2) is 24.3 Å². The molecule has 5 unspecified atom stereocenters. The van der Waals surface area contributed by atoms with Crippen LogP contribution in [0.4, 0.5) is 0 Å². The van der Waals surface area contributed by atoms with Gasteiger partial charge in [-0.25, -0.2) is 4.79 Å². The number of carboxylic acid groups (broad SMARTS) is 1. The number of rotatable bonds is 14. The number of carbonyl (C=O) groups excluding carboxylic acids is 4. The van der Waals surface area contributed by atoms with Crippen molar-refractivity contribution in [1.29, 1.82) is 0 Å². The van der Waals surface area contributed by atoms with E-state index in [9.17, 15) is 39.3 Å². The highest BCUT2D eigenvalue weighted by atomic mass is 16.4. The standard InChI is InChI=1S/C23H35N5O8/c1-11(2)18(27-20(32)15(24)10-13-4-6-14(30)7-5-13)22(34)26-16(8-9-17(25)31)21(33)28-19(12(3)29)23(35)36/h4-7,11-12,15-16,18-19,29-30H,8-10,24H2,1-3H3,(H2,25,31)(H,26,34)(H,27,32)(H,28,33)(H,35,36). The molecule has 0 spiro atoms. The van der Waals surface area contributed by atoms with E-state index in [1.54, 1.807) is 26.0 Å². The van der Waals surface area contributed by atoms with Crippen molar-refractivity contribution in [3.8, 4) is 5.75 Å². The zero-order valence-corrected chi connectivity index (χ0v) is 20.4. The van der Waals surface area contributed by atoms with Gasteiger partial charge in [0, 0.05) is 6.42 Å². The molecular weight excluding hydrogens is 474 g/mol. The summed E-state index contributed by atoms with van der Waals surface area (Å²) in [7, 11) is 0. The first-order chi connectivity index (χ1) is 16.7. The minimum atomic E-state index is -1.65. The van der Waals surface area contributed by atoms with Crippen molar-refractivity contribution in [3.63, 3.8) is 0 Å². The van der Waals surface area contributed by atoms with Crippen LogP contribution < -0.4 is 27.4 Å². The largest absolute Gasteiger partial charge is 0.508 e. The van der Waals surface area contributed by atoms with Gasteiger partial charge in [0.15, 0.2) is 6.04 Å². The molecule has 0 fully saturated rings. The number of nitrogens with one attached hydrogen (secondary N) is 3. The molecule has 0 aliphatic heterocycles.